The van der Waals surface area contributed by atoms with Crippen molar-refractivity contribution in [1.82, 2.24) is 20.3 Å². The van der Waals surface area contributed by atoms with Crippen LogP contribution in [0.25, 0.3) is 0 Å². The summed E-state index contributed by atoms with van der Waals surface area (Å²) in [4.78, 5) is 13.5. The van der Waals surface area contributed by atoms with Gasteiger partial charge in [-0.25, -0.2) is 4.79 Å². The van der Waals surface area contributed by atoms with Crippen LogP contribution < -0.4 is 5.32 Å². The molecule has 0 radical (unpaired) electrons. The van der Waals surface area contributed by atoms with E-state index in [0.717, 1.165) is 5.56 Å². The van der Waals surface area contributed by atoms with Crippen LogP contribution in [0.15, 0.2) is 42.7 Å². The number of rotatable bonds is 4. The first kappa shape index (κ1) is 15.0. The van der Waals surface area contributed by atoms with E-state index in [1.54, 1.807) is 12.4 Å². The van der Waals surface area contributed by atoms with Crippen LogP contribution in [0.4, 0.5) is 4.79 Å². The average Bonchev–Trinajstić information content (AvgIpc) is 2.90. The summed E-state index contributed by atoms with van der Waals surface area (Å²) >= 11 is 0. The Balaban J connectivity index is 2.11. The molecule has 6 heteroatoms. The lowest BCUT2D eigenvalue weighted by Crippen LogP contribution is -2.36. The number of ether oxygens (including phenoxy) is 1. The van der Waals surface area contributed by atoms with Crippen molar-refractivity contribution in [3.05, 3.63) is 48.3 Å². The first-order valence-electron chi connectivity index (χ1n) is 6.82. The molecule has 21 heavy (non-hydrogen) atoms. The molecule has 0 fully saturated rings. The van der Waals surface area contributed by atoms with Crippen molar-refractivity contribution in [1.29, 1.82) is 0 Å². The van der Waals surface area contributed by atoms with Crippen LogP contribution in [0.1, 0.15) is 32.4 Å². The second-order valence-electron chi connectivity index (χ2n) is 5.69. The van der Waals surface area contributed by atoms with Gasteiger partial charge in [0.25, 0.3) is 0 Å². The number of hydrogen-bond donors (Lipinski definition) is 1. The van der Waals surface area contributed by atoms with Crippen LogP contribution in [0.2, 0.25) is 0 Å². The monoisotopic (exact) mass is 288 g/mol. The molecule has 112 valence electrons. The fraction of sp³-hybridized carbons (Fsp3) is 0.400. The van der Waals surface area contributed by atoms with E-state index < -0.39 is 11.7 Å². The Morgan fingerprint density at radius 2 is 1.86 bits per heavy atom. The molecule has 0 saturated heterocycles. The molecule has 1 aromatic heterocycles. The lowest BCUT2D eigenvalue weighted by molar-refractivity contribution is 0.0496. The lowest BCUT2D eigenvalue weighted by Gasteiger charge is -2.23. The molecule has 2 aromatic rings. The van der Waals surface area contributed by atoms with Crippen LogP contribution in [0.3, 0.4) is 0 Å². The van der Waals surface area contributed by atoms with Gasteiger partial charge in [0.15, 0.2) is 0 Å². The summed E-state index contributed by atoms with van der Waals surface area (Å²) in [5, 5.41) is 11.0. The molecule has 0 bridgehead atoms. The normalized spacial score (nSPS) is 12.7. The Hall–Kier alpha value is -2.37. The number of benzene rings is 1. The minimum absolute atomic E-state index is 0.256. The molecule has 1 atom stereocenters. The SMILES string of the molecule is CC(C)(C)OC(=O)N[C@@H](Cn1nccn1)c1ccccc1. The molecule has 0 saturated carbocycles. The Morgan fingerprint density at radius 1 is 1.24 bits per heavy atom. The van der Waals surface area contributed by atoms with Gasteiger partial charge in [-0.1, -0.05) is 30.3 Å². The molecule has 0 aliphatic carbocycles. The van der Waals surface area contributed by atoms with Crippen LogP contribution >= 0.6 is 0 Å². The molecule has 1 N–H and O–H groups in total. The Bertz CT molecular complexity index is 561. The quantitative estimate of drug-likeness (QED) is 0.938. The highest BCUT2D eigenvalue weighted by molar-refractivity contribution is 5.68. The number of hydrogen-bond acceptors (Lipinski definition) is 4. The van der Waals surface area contributed by atoms with Crippen LogP contribution in [0.5, 0.6) is 0 Å². The first-order valence-corrected chi connectivity index (χ1v) is 6.82. The maximum Gasteiger partial charge on any atom is 0.408 e. The fourth-order valence-corrected chi connectivity index (χ4v) is 1.87. The van der Waals surface area contributed by atoms with Gasteiger partial charge in [-0.05, 0) is 26.3 Å². The smallest absolute Gasteiger partial charge is 0.408 e. The predicted octanol–water partition coefficient (Wildman–Crippen LogP) is 2.54. The van der Waals surface area contributed by atoms with Crippen molar-refractivity contribution in [2.45, 2.75) is 39.0 Å². The Morgan fingerprint density at radius 3 is 2.43 bits per heavy atom. The van der Waals surface area contributed by atoms with Gasteiger partial charge in [-0.15, -0.1) is 0 Å². The molecule has 0 aliphatic heterocycles. The summed E-state index contributed by atoms with van der Waals surface area (Å²) in [6.07, 6.45) is 2.76. The summed E-state index contributed by atoms with van der Waals surface area (Å²) in [5.41, 5.74) is 0.440. The highest BCUT2D eigenvalue weighted by Crippen LogP contribution is 2.16. The van der Waals surface area contributed by atoms with Crippen molar-refractivity contribution in [3.8, 4) is 0 Å². The van der Waals surface area contributed by atoms with Gasteiger partial charge in [0, 0.05) is 0 Å². The zero-order chi connectivity index (χ0) is 15.3. The molecular weight excluding hydrogens is 268 g/mol. The van der Waals surface area contributed by atoms with E-state index in [2.05, 4.69) is 15.5 Å². The average molecular weight is 288 g/mol. The van der Waals surface area contributed by atoms with E-state index in [9.17, 15) is 4.79 Å². The number of carbonyl (C=O) groups excluding carboxylic acids is 1. The van der Waals surface area contributed by atoms with E-state index in [1.807, 2.05) is 51.1 Å². The van der Waals surface area contributed by atoms with Crippen molar-refractivity contribution < 1.29 is 9.53 Å². The zero-order valence-electron chi connectivity index (χ0n) is 12.5. The van der Waals surface area contributed by atoms with Gasteiger partial charge in [-0.2, -0.15) is 15.0 Å². The number of aromatic nitrogens is 3. The maximum atomic E-state index is 12.0. The molecule has 1 aromatic carbocycles. The molecule has 0 aliphatic rings. The van der Waals surface area contributed by atoms with Gasteiger partial charge in [0.1, 0.15) is 5.60 Å². The summed E-state index contributed by atoms with van der Waals surface area (Å²) in [7, 11) is 0. The number of amides is 1. The van der Waals surface area contributed by atoms with Gasteiger partial charge in [-0.3, -0.25) is 0 Å². The third-order valence-corrected chi connectivity index (χ3v) is 2.71. The lowest BCUT2D eigenvalue weighted by atomic mass is 10.1. The summed E-state index contributed by atoms with van der Waals surface area (Å²) in [5.74, 6) is 0. The number of alkyl carbamates (subject to hydrolysis) is 1. The Labute approximate surface area is 124 Å². The second kappa shape index (κ2) is 6.39. The number of nitrogens with zero attached hydrogens (tertiary/aromatic N) is 3. The third-order valence-electron chi connectivity index (χ3n) is 2.71. The minimum Gasteiger partial charge on any atom is -0.444 e. The van der Waals surface area contributed by atoms with E-state index in [4.69, 9.17) is 4.74 Å². The largest absolute Gasteiger partial charge is 0.444 e. The standard InChI is InChI=1S/C15H20N4O2/c1-15(2,3)21-14(20)18-13(11-19-16-9-10-17-19)12-7-5-4-6-8-12/h4-10,13H,11H2,1-3H3,(H,18,20)/t13-/m0/s1. The van der Waals surface area contributed by atoms with E-state index >= 15 is 0 Å². The number of nitrogens with one attached hydrogen (secondary N) is 1. The topological polar surface area (TPSA) is 69.0 Å². The predicted molar refractivity (Wildman–Crippen MR) is 78.6 cm³/mol. The fourth-order valence-electron chi connectivity index (χ4n) is 1.87. The third kappa shape index (κ3) is 4.91. The summed E-state index contributed by atoms with van der Waals surface area (Å²) in [6, 6.07) is 9.43. The first-order chi connectivity index (χ1) is 9.94. The molecular formula is C15H20N4O2. The van der Waals surface area contributed by atoms with E-state index in [-0.39, 0.29) is 6.04 Å². The van der Waals surface area contributed by atoms with Crippen molar-refractivity contribution in [2.75, 3.05) is 0 Å². The molecule has 0 spiro atoms. The molecule has 2 rings (SSSR count). The minimum atomic E-state index is -0.532. The second-order valence-corrected chi connectivity index (χ2v) is 5.69. The van der Waals surface area contributed by atoms with Crippen molar-refractivity contribution in [3.63, 3.8) is 0 Å². The Kier molecular flexibility index (Phi) is 4.57. The zero-order valence-corrected chi connectivity index (χ0v) is 12.5. The maximum absolute atomic E-state index is 12.0. The van der Waals surface area contributed by atoms with Gasteiger partial charge in [0.2, 0.25) is 0 Å². The van der Waals surface area contributed by atoms with Gasteiger partial charge < -0.3 is 10.1 Å². The summed E-state index contributed by atoms with van der Waals surface area (Å²) < 4.78 is 5.31. The van der Waals surface area contributed by atoms with E-state index in [0.29, 0.717) is 6.54 Å². The molecule has 6 nitrogen and oxygen atoms in total. The summed E-state index contributed by atoms with van der Waals surface area (Å²) in [6.45, 7) is 5.94. The van der Waals surface area contributed by atoms with E-state index in [1.165, 1.54) is 4.80 Å². The van der Waals surface area contributed by atoms with Crippen LogP contribution in [-0.2, 0) is 11.3 Å². The molecule has 1 heterocycles. The van der Waals surface area contributed by atoms with Crippen molar-refractivity contribution in [2.24, 2.45) is 0 Å². The van der Waals surface area contributed by atoms with Crippen molar-refractivity contribution >= 4 is 6.09 Å². The van der Waals surface area contributed by atoms with Gasteiger partial charge in [0.05, 0.1) is 25.0 Å². The highest BCUT2D eigenvalue weighted by atomic mass is 16.6. The molecule has 1 amide bonds. The molecule has 0 unspecified atom stereocenters. The number of carbonyl (C=O) groups is 1. The van der Waals surface area contributed by atoms with Crippen LogP contribution in [0, 0.1) is 0 Å². The highest BCUT2D eigenvalue weighted by Gasteiger charge is 2.21. The van der Waals surface area contributed by atoms with Gasteiger partial charge >= 0.3 is 6.09 Å². The van der Waals surface area contributed by atoms with Crippen LogP contribution in [-0.4, -0.2) is 26.7 Å².